The summed E-state index contributed by atoms with van der Waals surface area (Å²) < 4.78 is 5.70. The monoisotopic (exact) mass is 416 g/mol. The number of carbonyl (C=O) groups excluding carboxylic acids is 2. The Morgan fingerprint density at radius 1 is 1.19 bits per heavy atom. The molecule has 0 bridgehead atoms. The Balaban J connectivity index is 1.33. The minimum atomic E-state index is -0.230. The molecule has 1 aromatic heterocycles. The molecule has 3 aromatic rings. The molecular formula is C24H24N4O3. The molecule has 0 saturated carbocycles. The topological polar surface area (TPSA) is 77.8 Å². The normalized spacial score (nSPS) is 17.6. The first-order valence-electron chi connectivity index (χ1n) is 10.5. The molecule has 1 saturated heterocycles. The minimum absolute atomic E-state index is 0.124. The van der Waals surface area contributed by atoms with E-state index in [-0.39, 0.29) is 11.9 Å². The maximum atomic E-state index is 13.0. The van der Waals surface area contributed by atoms with E-state index in [2.05, 4.69) is 40.7 Å². The third-order valence-electron chi connectivity index (χ3n) is 5.92. The minimum Gasteiger partial charge on any atom is -0.467 e. The van der Waals surface area contributed by atoms with Gasteiger partial charge in [0, 0.05) is 36.2 Å². The zero-order valence-electron chi connectivity index (χ0n) is 17.3. The highest BCUT2D eigenvalue weighted by atomic mass is 16.3. The largest absolute Gasteiger partial charge is 0.467 e. The number of nitrogens with one attached hydrogen (secondary N) is 2. The summed E-state index contributed by atoms with van der Waals surface area (Å²) in [5, 5.41) is 5.73. The lowest BCUT2D eigenvalue weighted by Crippen LogP contribution is -2.29. The van der Waals surface area contributed by atoms with Crippen molar-refractivity contribution < 1.29 is 14.0 Å². The maximum Gasteiger partial charge on any atom is 0.321 e. The number of nitrogens with zero attached hydrogens (tertiary/aromatic N) is 2. The molecule has 1 unspecified atom stereocenters. The number of para-hydroxylation sites is 1. The second kappa shape index (κ2) is 7.83. The van der Waals surface area contributed by atoms with E-state index in [9.17, 15) is 9.59 Å². The predicted octanol–water partition coefficient (Wildman–Crippen LogP) is 4.01. The molecule has 7 nitrogen and oxygen atoms in total. The number of benzene rings is 2. The molecular weight excluding hydrogens is 392 g/mol. The molecule has 2 aromatic carbocycles. The first-order chi connectivity index (χ1) is 15.1. The predicted molar refractivity (Wildman–Crippen MR) is 120 cm³/mol. The Labute approximate surface area is 180 Å². The number of hydrogen-bond donors (Lipinski definition) is 2. The van der Waals surface area contributed by atoms with Gasteiger partial charge in [0.1, 0.15) is 5.76 Å². The van der Waals surface area contributed by atoms with Gasteiger partial charge in [0.2, 0.25) is 0 Å². The van der Waals surface area contributed by atoms with Crippen LogP contribution in [0.25, 0.3) is 0 Å². The molecule has 0 aliphatic carbocycles. The number of carbonyl (C=O) groups is 2. The SMILES string of the molecule is CC1Cc2ccccc2N1Cc1occc1C(=O)Nc1cccc(N2CCNC2=O)c1. The molecule has 2 N–H and O–H groups in total. The third kappa shape index (κ3) is 3.63. The van der Waals surface area contributed by atoms with Crippen LogP contribution in [0.2, 0.25) is 0 Å². The standard InChI is InChI=1S/C24H24N4O3/c1-16-13-17-5-2-3-8-21(17)28(16)15-22-20(9-12-31-22)23(29)26-18-6-4-7-19(14-18)27-11-10-25-24(27)30/h2-9,12,14,16H,10-11,13,15H2,1H3,(H,25,30)(H,26,29). The van der Waals surface area contributed by atoms with Crippen molar-refractivity contribution in [2.24, 2.45) is 0 Å². The number of amides is 3. The molecule has 3 amide bonds. The fraction of sp³-hybridized carbons (Fsp3) is 0.250. The molecule has 1 atom stereocenters. The highest BCUT2D eigenvalue weighted by molar-refractivity contribution is 6.05. The molecule has 2 aliphatic rings. The van der Waals surface area contributed by atoms with Gasteiger partial charge in [-0.3, -0.25) is 9.69 Å². The zero-order chi connectivity index (χ0) is 21.4. The Bertz CT molecular complexity index is 1140. The second-order valence-corrected chi connectivity index (χ2v) is 7.96. The van der Waals surface area contributed by atoms with Crippen molar-refractivity contribution in [2.75, 3.05) is 28.2 Å². The van der Waals surface area contributed by atoms with Gasteiger partial charge in [-0.2, -0.15) is 0 Å². The van der Waals surface area contributed by atoms with Crippen molar-refractivity contribution in [3.63, 3.8) is 0 Å². The second-order valence-electron chi connectivity index (χ2n) is 7.96. The van der Waals surface area contributed by atoms with Crippen LogP contribution in [-0.2, 0) is 13.0 Å². The van der Waals surface area contributed by atoms with Crippen LogP contribution >= 0.6 is 0 Å². The van der Waals surface area contributed by atoms with Gasteiger partial charge in [0.15, 0.2) is 0 Å². The molecule has 0 radical (unpaired) electrons. The number of anilines is 3. The Kier molecular flexibility index (Phi) is 4.86. The Morgan fingerprint density at radius 2 is 2.06 bits per heavy atom. The van der Waals surface area contributed by atoms with Crippen LogP contribution < -0.4 is 20.4 Å². The number of hydrogen-bond acceptors (Lipinski definition) is 4. The summed E-state index contributed by atoms with van der Waals surface area (Å²) in [6, 6.07) is 17.6. The van der Waals surface area contributed by atoms with E-state index in [0.717, 1.165) is 12.1 Å². The molecule has 31 heavy (non-hydrogen) atoms. The van der Waals surface area contributed by atoms with E-state index in [4.69, 9.17) is 4.42 Å². The van der Waals surface area contributed by atoms with Gasteiger partial charge in [-0.15, -0.1) is 0 Å². The van der Waals surface area contributed by atoms with E-state index in [0.29, 0.717) is 42.7 Å². The summed E-state index contributed by atoms with van der Waals surface area (Å²) in [5.41, 5.74) is 4.41. The molecule has 2 aliphatic heterocycles. The summed E-state index contributed by atoms with van der Waals surface area (Å²) in [7, 11) is 0. The number of furan rings is 1. The summed E-state index contributed by atoms with van der Waals surface area (Å²) in [6.07, 6.45) is 2.54. The van der Waals surface area contributed by atoms with Gasteiger partial charge in [0.25, 0.3) is 5.91 Å². The molecule has 0 spiro atoms. The van der Waals surface area contributed by atoms with Crippen molar-refractivity contribution in [1.82, 2.24) is 5.32 Å². The van der Waals surface area contributed by atoms with Crippen LogP contribution in [0.5, 0.6) is 0 Å². The summed E-state index contributed by atoms with van der Waals surface area (Å²) in [5.74, 6) is 0.406. The number of urea groups is 1. The zero-order valence-corrected chi connectivity index (χ0v) is 17.3. The van der Waals surface area contributed by atoms with Crippen LogP contribution in [0.1, 0.15) is 28.6 Å². The van der Waals surface area contributed by atoms with Gasteiger partial charge in [-0.25, -0.2) is 4.79 Å². The van der Waals surface area contributed by atoms with Crippen LogP contribution in [0.15, 0.2) is 65.3 Å². The summed E-state index contributed by atoms with van der Waals surface area (Å²) in [6.45, 7) is 3.94. The third-order valence-corrected chi connectivity index (χ3v) is 5.92. The lowest BCUT2D eigenvalue weighted by molar-refractivity contribution is 0.102. The van der Waals surface area contributed by atoms with Gasteiger partial charge in [-0.1, -0.05) is 24.3 Å². The van der Waals surface area contributed by atoms with Crippen LogP contribution in [0, 0.1) is 0 Å². The fourth-order valence-corrected chi connectivity index (χ4v) is 4.36. The Morgan fingerprint density at radius 3 is 2.90 bits per heavy atom. The first kappa shape index (κ1) is 19.2. The maximum absolute atomic E-state index is 13.0. The van der Waals surface area contributed by atoms with Crippen molar-refractivity contribution in [1.29, 1.82) is 0 Å². The Hall–Kier alpha value is -3.74. The number of rotatable bonds is 5. The van der Waals surface area contributed by atoms with Crippen molar-refractivity contribution in [3.8, 4) is 0 Å². The van der Waals surface area contributed by atoms with Crippen LogP contribution in [-0.4, -0.2) is 31.1 Å². The highest BCUT2D eigenvalue weighted by Gasteiger charge is 2.28. The van der Waals surface area contributed by atoms with Gasteiger partial charge < -0.3 is 20.0 Å². The van der Waals surface area contributed by atoms with E-state index < -0.39 is 0 Å². The molecule has 158 valence electrons. The van der Waals surface area contributed by atoms with Crippen molar-refractivity contribution >= 4 is 29.0 Å². The lowest BCUT2D eigenvalue weighted by Gasteiger charge is -2.24. The van der Waals surface area contributed by atoms with Crippen molar-refractivity contribution in [2.45, 2.75) is 25.9 Å². The van der Waals surface area contributed by atoms with E-state index >= 15 is 0 Å². The average molecular weight is 416 g/mol. The first-order valence-corrected chi connectivity index (χ1v) is 10.5. The highest BCUT2D eigenvalue weighted by Crippen LogP contribution is 2.33. The summed E-state index contributed by atoms with van der Waals surface area (Å²) >= 11 is 0. The van der Waals surface area contributed by atoms with Gasteiger partial charge in [-0.05, 0) is 49.2 Å². The molecule has 1 fully saturated rings. The van der Waals surface area contributed by atoms with Crippen molar-refractivity contribution in [3.05, 3.63) is 77.7 Å². The smallest absolute Gasteiger partial charge is 0.321 e. The van der Waals surface area contributed by atoms with Crippen LogP contribution in [0.4, 0.5) is 21.9 Å². The molecule has 7 heteroatoms. The summed E-state index contributed by atoms with van der Waals surface area (Å²) in [4.78, 5) is 28.9. The van der Waals surface area contributed by atoms with Gasteiger partial charge >= 0.3 is 6.03 Å². The fourth-order valence-electron chi connectivity index (χ4n) is 4.36. The van der Waals surface area contributed by atoms with E-state index in [1.165, 1.54) is 11.3 Å². The van der Waals surface area contributed by atoms with Crippen LogP contribution in [0.3, 0.4) is 0 Å². The van der Waals surface area contributed by atoms with E-state index in [1.807, 2.05) is 24.3 Å². The quantitative estimate of drug-likeness (QED) is 0.659. The average Bonchev–Trinajstić information content (AvgIpc) is 3.48. The molecule has 3 heterocycles. The molecule has 5 rings (SSSR count). The lowest BCUT2D eigenvalue weighted by atomic mass is 10.1. The number of fused-ring (bicyclic) bond motifs is 1. The van der Waals surface area contributed by atoms with E-state index in [1.54, 1.807) is 23.3 Å². The van der Waals surface area contributed by atoms with Gasteiger partial charge in [0.05, 0.1) is 18.4 Å².